The molecule has 2 amide bonds. The standard InChI is InChI=1S/C29H33ClFN3O4S/c1-5-21(3)32-29(36)22(4)33(18-23-12-14-24(31)15-13-23)28(35)19-34(27-9-7-6-8-26(27)30)39(37,38)25-16-10-20(2)11-17-25/h6-17,21-22H,5,18-19H2,1-4H3,(H,32,36)/t21-,22+/m0/s1. The first-order valence-electron chi connectivity index (χ1n) is 12.6. The Kier molecular flexibility index (Phi) is 10.1. The number of benzene rings is 3. The van der Waals surface area contributed by atoms with Gasteiger partial charge in [0.1, 0.15) is 18.4 Å². The Morgan fingerprint density at radius 2 is 1.59 bits per heavy atom. The number of hydrogen-bond acceptors (Lipinski definition) is 4. The molecular formula is C29H33ClFN3O4S. The molecule has 1 N–H and O–H groups in total. The van der Waals surface area contributed by atoms with Gasteiger partial charge in [-0.25, -0.2) is 12.8 Å². The molecule has 0 saturated heterocycles. The highest BCUT2D eigenvalue weighted by atomic mass is 35.5. The third kappa shape index (κ3) is 7.58. The fourth-order valence-corrected chi connectivity index (χ4v) is 5.56. The molecule has 0 aromatic heterocycles. The minimum absolute atomic E-state index is 0.00605. The van der Waals surface area contributed by atoms with Gasteiger partial charge in [0.05, 0.1) is 15.6 Å². The first-order valence-corrected chi connectivity index (χ1v) is 14.4. The maximum atomic E-state index is 13.9. The van der Waals surface area contributed by atoms with Gasteiger partial charge in [0, 0.05) is 12.6 Å². The number of carbonyl (C=O) groups is 2. The van der Waals surface area contributed by atoms with Crippen molar-refractivity contribution in [3.05, 3.63) is 94.8 Å². The van der Waals surface area contributed by atoms with E-state index in [1.54, 1.807) is 31.2 Å². The minimum atomic E-state index is -4.22. The van der Waals surface area contributed by atoms with Crippen LogP contribution in [0.15, 0.2) is 77.7 Å². The Bertz CT molecular complexity index is 1400. The van der Waals surface area contributed by atoms with Crippen LogP contribution in [0.4, 0.5) is 10.1 Å². The number of sulfonamides is 1. The number of amides is 2. The predicted octanol–water partition coefficient (Wildman–Crippen LogP) is 5.31. The number of para-hydroxylation sites is 1. The molecular weight excluding hydrogens is 541 g/mol. The SMILES string of the molecule is CC[C@H](C)NC(=O)[C@@H](C)N(Cc1ccc(F)cc1)C(=O)CN(c1ccccc1Cl)S(=O)(=O)c1ccc(C)cc1. The lowest BCUT2D eigenvalue weighted by atomic mass is 10.1. The van der Waals surface area contributed by atoms with Crippen molar-refractivity contribution >= 4 is 39.1 Å². The fraction of sp³-hybridized carbons (Fsp3) is 0.310. The Labute approximate surface area is 234 Å². The van der Waals surface area contributed by atoms with Crippen LogP contribution in [0.2, 0.25) is 5.02 Å². The van der Waals surface area contributed by atoms with E-state index < -0.39 is 34.3 Å². The lowest BCUT2D eigenvalue weighted by Crippen LogP contribution is -2.52. The van der Waals surface area contributed by atoms with Crippen LogP contribution in [-0.2, 0) is 26.2 Å². The van der Waals surface area contributed by atoms with Crippen molar-refractivity contribution in [2.45, 2.75) is 57.6 Å². The second-order valence-electron chi connectivity index (χ2n) is 9.42. The van der Waals surface area contributed by atoms with Crippen LogP contribution in [0, 0.1) is 12.7 Å². The van der Waals surface area contributed by atoms with Crippen molar-refractivity contribution in [3.63, 3.8) is 0 Å². The third-order valence-electron chi connectivity index (χ3n) is 6.44. The molecule has 7 nitrogen and oxygen atoms in total. The lowest BCUT2D eigenvalue weighted by Gasteiger charge is -2.32. The number of aryl methyl sites for hydroxylation is 1. The molecule has 0 aliphatic carbocycles. The van der Waals surface area contributed by atoms with E-state index in [9.17, 15) is 22.4 Å². The number of hydrogen-bond donors (Lipinski definition) is 1. The molecule has 0 saturated carbocycles. The highest BCUT2D eigenvalue weighted by molar-refractivity contribution is 7.92. The molecule has 0 spiro atoms. The molecule has 0 heterocycles. The van der Waals surface area contributed by atoms with Crippen molar-refractivity contribution < 1.29 is 22.4 Å². The van der Waals surface area contributed by atoms with Gasteiger partial charge in [-0.2, -0.15) is 0 Å². The Hall–Kier alpha value is -3.43. The van der Waals surface area contributed by atoms with Crippen LogP contribution < -0.4 is 9.62 Å². The summed E-state index contributed by atoms with van der Waals surface area (Å²) in [5.74, 6) is -1.44. The molecule has 10 heteroatoms. The Morgan fingerprint density at radius 1 is 0.974 bits per heavy atom. The van der Waals surface area contributed by atoms with Crippen LogP contribution in [0.5, 0.6) is 0 Å². The van der Waals surface area contributed by atoms with Gasteiger partial charge in [0.15, 0.2) is 0 Å². The van der Waals surface area contributed by atoms with Gasteiger partial charge >= 0.3 is 0 Å². The number of rotatable bonds is 11. The molecule has 0 unspecified atom stereocenters. The summed E-state index contributed by atoms with van der Waals surface area (Å²) >= 11 is 6.40. The molecule has 3 aromatic rings. The summed E-state index contributed by atoms with van der Waals surface area (Å²) in [6.45, 7) is 6.55. The van der Waals surface area contributed by atoms with Gasteiger partial charge in [-0.3, -0.25) is 13.9 Å². The molecule has 39 heavy (non-hydrogen) atoms. The molecule has 0 aliphatic rings. The summed E-state index contributed by atoms with van der Waals surface area (Å²) < 4.78 is 42.1. The minimum Gasteiger partial charge on any atom is -0.352 e. The van der Waals surface area contributed by atoms with Crippen molar-refractivity contribution in [3.8, 4) is 0 Å². The van der Waals surface area contributed by atoms with Gasteiger partial charge in [-0.1, -0.05) is 60.5 Å². The molecule has 0 fully saturated rings. The van der Waals surface area contributed by atoms with E-state index in [4.69, 9.17) is 11.6 Å². The molecule has 0 radical (unpaired) electrons. The summed E-state index contributed by atoms with van der Waals surface area (Å²) in [4.78, 5) is 28.2. The van der Waals surface area contributed by atoms with Crippen LogP contribution in [-0.4, -0.2) is 43.8 Å². The van der Waals surface area contributed by atoms with Crippen LogP contribution in [0.3, 0.4) is 0 Å². The van der Waals surface area contributed by atoms with E-state index in [1.807, 2.05) is 20.8 Å². The van der Waals surface area contributed by atoms with E-state index in [0.717, 1.165) is 9.87 Å². The van der Waals surface area contributed by atoms with Gasteiger partial charge < -0.3 is 10.2 Å². The summed E-state index contributed by atoms with van der Waals surface area (Å²) in [5, 5.41) is 3.02. The first kappa shape index (κ1) is 30.1. The van der Waals surface area contributed by atoms with Gasteiger partial charge in [0.25, 0.3) is 10.0 Å². The third-order valence-corrected chi connectivity index (χ3v) is 8.54. The van der Waals surface area contributed by atoms with E-state index in [1.165, 1.54) is 53.4 Å². The van der Waals surface area contributed by atoms with Crippen LogP contribution in [0.25, 0.3) is 0 Å². The van der Waals surface area contributed by atoms with E-state index >= 15 is 0 Å². The summed E-state index contributed by atoms with van der Waals surface area (Å²) in [6, 6.07) is 17.1. The normalized spacial score (nSPS) is 12.9. The second kappa shape index (κ2) is 13.1. The van der Waals surface area contributed by atoms with Crippen LogP contribution in [0.1, 0.15) is 38.3 Å². The monoisotopic (exact) mass is 573 g/mol. The highest BCUT2D eigenvalue weighted by Gasteiger charge is 2.33. The number of anilines is 1. The maximum Gasteiger partial charge on any atom is 0.264 e. The average Bonchev–Trinajstić information content (AvgIpc) is 2.91. The fourth-order valence-electron chi connectivity index (χ4n) is 3.84. The Balaban J connectivity index is 2.03. The summed E-state index contributed by atoms with van der Waals surface area (Å²) in [7, 11) is -4.22. The molecule has 208 valence electrons. The quantitative estimate of drug-likeness (QED) is 0.337. The largest absolute Gasteiger partial charge is 0.352 e. The summed E-state index contributed by atoms with van der Waals surface area (Å²) in [6.07, 6.45) is 0.694. The number of halogens is 2. The second-order valence-corrected chi connectivity index (χ2v) is 11.7. The zero-order valence-electron chi connectivity index (χ0n) is 22.4. The topological polar surface area (TPSA) is 86.8 Å². The van der Waals surface area contributed by atoms with E-state index in [0.29, 0.717) is 12.0 Å². The number of nitrogens with one attached hydrogen (secondary N) is 1. The molecule has 2 atom stereocenters. The predicted molar refractivity (Wildman–Crippen MR) is 151 cm³/mol. The Morgan fingerprint density at radius 3 is 2.18 bits per heavy atom. The molecule has 3 aromatic carbocycles. The van der Waals surface area contributed by atoms with Gasteiger partial charge in [0.2, 0.25) is 11.8 Å². The van der Waals surface area contributed by atoms with Crippen molar-refractivity contribution in [1.29, 1.82) is 0 Å². The zero-order chi connectivity index (χ0) is 28.7. The molecule has 0 aliphatic heterocycles. The lowest BCUT2D eigenvalue weighted by molar-refractivity contribution is -0.139. The molecule has 3 rings (SSSR count). The number of carbonyl (C=O) groups excluding carboxylic acids is 2. The van der Waals surface area contributed by atoms with E-state index in [2.05, 4.69) is 5.32 Å². The zero-order valence-corrected chi connectivity index (χ0v) is 24.0. The van der Waals surface area contributed by atoms with Crippen molar-refractivity contribution in [2.75, 3.05) is 10.8 Å². The van der Waals surface area contributed by atoms with Gasteiger partial charge in [-0.05, 0) is 69.2 Å². The van der Waals surface area contributed by atoms with E-state index in [-0.39, 0.29) is 34.1 Å². The number of nitrogens with zero attached hydrogens (tertiary/aromatic N) is 2. The average molecular weight is 574 g/mol. The summed E-state index contributed by atoms with van der Waals surface area (Å²) in [5.41, 5.74) is 1.59. The smallest absolute Gasteiger partial charge is 0.264 e. The highest BCUT2D eigenvalue weighted by Crippen LogP contribution is 2.31. The maximum absolute atomic E-state index is 13.9. The van der Waals surface area contributed by atoms with Crippen molar-refractivity contribution in [2.24, 2.45) is 0 Å². The van der Waals surface area contributed by atoms with Crippen molar-refractivity contribution in [1.82, 2.24) is 10.2 Å². The molecule has 0 bridgehead atoms. The first-order chi connectivity index (χ1) is 18.4. The van der Waals surface area contributed by atoms with Gasteiger partial charge in [-0.15, -0.1) is 0 Å². The van der Waals surface area contributed by atoms with Crippen LogP contribution >= 0.6 is 11.6 Å².